The number of anilines is 2. The number of para-hydroxylation sites is 1. The fourth-order valence-electron chi connectivity index (χ4n) is 3.16. The van der Waals surface area contributed by atoms with Crippen LogP contribution in [0.2, 0.25) is 10.0 Å². The second kappa shape index (κ2) is 7.06. The summed E-state index contributed by atoms with van der Waals surface area (Å²) in [4.78, 5) is 26.7. The Kier molecular flexibility index (Phi) is 5.02. The number of nitrogens with one attached hydrogen (secondary N) is 1. The zero-order valence-corrected chi connectivity index (χ0v) is 15.5. The molecule has 0 bridgehead atoms. The molecule has 1 saturated heterocycles. The van der Waals surface area contributed by atoms with E-state index in [9.17, 15) is 9.59 Å². The van der Waals surface area contributed by atoms with E-state index in [4.69, 9.17) is 23.2 Å². The summed E-state index contributed by atoms with van der Waals surface area (Å²) in [5.74, 6) is -0.677. The molecule has 6 heteroatoms. The minimum absolute atomic E-state index is 0.0419. The van der Waals surface area contributed by atoms with Crippen molar-refractivity contribution in [3.05, 3.63) is 57.6 Å². The van der Waals surface area contributed by atoms with Gasteiger partial charge in [-0.15, -0.1) is 0 Å². The van der Waals surface area contributed by atoms with Gasteiger partial charge in [0.2, 0.25) is 11.8 Å². The molecule has 130 valence electrons. The molecular formula is C19H18Cl2N2O2. The number of halogens is 2. The number of carbonyl (C=O) groups excluding carboxylic acids is 2. The van der Waals surface area contributed by atoms with Gasteiger partial charge in [0.15, 0.2) is 0 Å². The third-order valence-corrected chi connectivity index (χ3v) is 4.94. The van der Waals surface area contributed by atoms with Crippen molar-refractivity contribution in [3.8, 4) is 0 Å². The first-order chi connectivity index (χ1) is 11.9. The number of benzene rings is 2. The second-order valence-electron chi connectivity index (χ2n) is 6.26. The van der Waals surface area contributed by atoms with Crippen LogP contribution in [0.1, 0.15) is 17.5 Å². The lowest BCUT2D eigenvalue weighted by Gasteiger charge is -2.21. The monoisotopic (exact) mass is 376 g/mol. The Morgan fingerprint density at radius 3 is 2.48 bits per heavy atom. The van der Waals surface area contributed by atoms with Gasteiger partial charge in [-0.05, 0) is 43.2 Å². The van der Waals surface area contributed by atoms with Crippen molar-refractivity contribution >= 4 is 46.4 Å². The molecule has 1 atom stereocenters. The average Bonchev–Trinajstić information content (AvgIpc) is 2.92. The van der Waals surface area contributed by atoms with Crippen molar-refractivity contribution in [2.45, 2.75) is 20.3 Å². The first kappa shape index (κ1) is 17.8. The molecule has 0 spiro atoms. The van der Waals surface area contributed by atoms with Gasteiger partial charge < -0.3 is 10.2 Å². The van der Waals surface area contributed by atoms with Crippen LogP contribution in [-0.2, 0) is 9.59 Å². The average molecular weight is 377 g/mol. The highest BCUT2D eigenvalue weighted by atomic mass is 35.5. The van der Waals surface area contributed by atoms with Gasteiger partial charge in [0.1, 0.15) is 0 Å². The highest BCUT2D eigenvalue weighted by molar-refractivity contribution is 6.36. The molecule has 4 nitrogen and oxygen atoms in total. The molecule has 0 aromatic heterocycles. The molecule has 1 aliphatic rings. The summed E-state index contributed by atoms with van der Waals surface area (Å²) in [6, 6.07) is 10.8. The Balaban J connectivity index is 1.77. The summed E-state index contributed by atoms with van der Waals surface area (Å²) >= 11 is 12.0. The van der Waals surface area contributed by atoms with Gasteiger partial charge in [-0.3, -0.25) is 9.59 Å². The van der Waals surface area contributed by atoms with Crippen molar-refractivity contribution in [1.82, 2.24) is 0 Å². The van der Waals surface area contributed by atoms with Crippen molar-refractivity contribution in [2.24, 2.45) is 5.92 Å². The second-order valence-corrected chi connectivity index (χ2v) is 7.10. The third kappa shape index (κ3) is 3.65. The van der Waals surface area contributed by atoms with E-state index in [1.807, 2.05) is 32.0 Å². The maximum absolute atomic E-state index is 12.6. The number of hydrogen-bond acceptors (Lipinski definition) is 2. The van der Waals surface area contributed by atoms with Crippen molar-refractivity contribution in [3.63, 3.8) is 0 Å². The van der Waals surface area contributed by atoms with Crippen molar-refractivity contribution in [2.75, 3.05) is 16.8 Å². The van der Waals surface area contributed by atoms with Gasteiger partial charge >= 0.3 is 0 Å². The molecule has 0 saturated carbocycles. The number of amides is 2. The molecule has 2 aromatic rings. The van der Waals surface area contributed by atoms with Crippen LogP contribution in [0, 0.1) is 19.8 Å². The summed E-state index contributed by atoms with van der Waals surface area (Å²) in [7, 11) is 0. The Hall–Kier alpha value is -2.04. The molecule has 2 amide bonds. The van der Waals surface area contributed by atoms with Gasteiger partial charge in [0.05, 0.1) is 16.6 Å². The summed E-state index contributed by atoms with van der Waals surface area (Å²) in [6.07, 6.45) is 0.185. The third-order valence-electron chi connectivity index (χ3n) is 4.39. The predicted octanol–water partition coefficient (Wildman–Crippen LogP) is 4.60. The fraction of sp³-hybridized carbons (Fsp3) is 0.263. The van der Waals surface area contributed by atoms with Crippen LogP contribution in [0.25, 0.3) is 0 Å². The molecule has 1 unspecified atom stereocenters. The molecule has 1 N–H and O–H groups in total. The lowest BCUT2D eigenvalue weighted by Crippen LogP contribution is -2.29. The van der Waals surface area contributed by atoms with Crippen molar-refractivity contribution < 1.29 is 9.59 Å². The van der Waals surface area contributed by atoms with Gasteiger partial charge in [0.25, 0.3) is 0 Å². The van der Waals surface area contributed by atoms with E-state index in [1.54, 1.807) is 23.1 Å². The molecule has 2 aromatic carbocycles. The summed E-state index contributed by atoms with van der Waals surface area (Å²) in [5, 5.41) is 3.66. The maximum atomic E-state index is 12.6. The minimum atomic E-state index is -0.418. The van der Waals surface area contributed by atoms with Gasteiger partial charge in [0, 0.05) is 23.7 Å². The van der Waals surface area contributed by atoms with Crippen LogP contribution >= 0.6 is 23.2 Å². The van der Waals surface area contributed by atoms with Crippen LogP contribution in [0.15, 0.2) is 36.4 Å². The standard InChI is InChI=1S/C19H18Cl2N2O2/c1-11-4-3-5-12(2)18(11)23-10-13(8-17(23)24)19(25)22-16-7-6-14(20)9-15(16)21/h3-7,9,13H,8,10H2,1-2H3,(H,22,25). The van der Waals surface area contributed by atoms with Gasteiger partial charge in [-0.25, -0.2) is 0 Å². The van der Waals surface area contributed by atoms with E-state index in [-0.39, 0.29) is 18.2 Å². The Morgan fingerprint density at radius 1 is 1.16 bits per heavy atom. The Morgan fingerprint density at radius 2 is 1.84 bits per heavy atom. The first-order valence-electron chi connectivity index (χ1n) is 7.99. The summed E-state index contributed by atoms with van der Waals surface area (Å²) in [6.45, 7) is 4.30. The van der Waals surface area contributed by atoms with Crippen LogP contribution in [0.4, 0.5) is 11.4 Å². The zero-order chi connectivity index (χ0) is 18.1. The van der Waals surface area contributed by atoms with Gasteiger partial charge in [-0.1, -0.05) is 41.4 Å². The number of hydrogen-bond donors (Lipinski definition) is 1. The lowest BCUT2D eigenvalue weighted by atomic mass is 10.1. The summed E-state index contributed by atoms with van der Waals surface area (Å²) < 4.78 is 0. The van der Waals surface area contributed by atoms with Crippen molar-refractivity contribution in [1.29, 1.82) is 0 Å². The molecule has 0 radical (unpaired) electrons. The van der Waals surface area contributed by atoms with Crippen LogP contribution < -0.4 is 10.2 Å². The van der Waals surface area contributed by atoms with E-state index in [2.05, 4.69) is 5.32 Å². The molecular weight excluding hydrogens is 359 g/mol. The normalized spacial score (nSPS) is 17.0. The molecule has 1 fully saturated rings. The van der Waals surface area contributed by atoms with E-state index >= 15 is 0 Å². The summed E-state index contributed by atoms with van der Waals surface area (Å²) in [5.41, 5.74) is 3.44. The Labute approximate surface area is 156 Å². The number of aryl methyl sites for hydroxylation is 2. The number of rotatable bonds is 3. The highest BCUT2D eigenvalue weighted by Gasteiger charge is 2.36. The molecule has 0 aliphatic carbocycles. The first-order valence-corrected chi connectivity index (χ1v) is 8.75. The molecule has 3 rings (SSSR count). The number of carbonyl (C=O) groups is 2. The Bertz CT molecular complexity index is 831. The fourth-order valence-corrected chi connectivity index (χ4v) is 3.61. The van der Waals surface area contributed by atoms with Crippen LogP contribution in [-0.4, -0.2) is 18.4 Å². The quantitative estimate of drug-likeness (QED) is 0.850. The van der Waals surface area contributed by atoms with E-state index in [0.717, 1.165) is 16.8 Å². The SMILES string of the molecule is Cc1cccc(C)c1N1CC(C(=O)Nc2ccc(Cl)cc2Cl)CC1=O. The molecule has 1 aliphatic heterocycles. The zero-order valence-electron chi connectivity index (χ0n) is 14.0. The van der Waals surface area contributed by atoms with Gasteiger partial charge in [-0.2, -0.15) is 0 Å². The van der Waals surface area contributed by atoms with Crippen LogP contribution in [0.3, 0.4) is 0 Å². The van der Waals surface area contributed by atoms with Crippen LogP contribution in [0.5, 0.6) is 0 Å². The minimum Gasteiger partial charge on any atom is -0.324 e. The largest absolute Gasteiger partial charge is 0.324 e. The highest BCUT2D eigenvalue weighted by Crippen LogP contribution is 2.32. The maximum Gasteiger partial charge on any atom is 0.229 e. The topological polar surface area (TPSA) is 49.4 Å². The number of nitrogens with zero attached hydrogens (tertiary/aromatic N) is 1. The molecule has 1 heterocycles. The molecule has 25 heavy (non-hydrogen) atoms. The smallest absolute Gasteiger partial charge is 0.229 e. The van der Waals surface area contributed by atoms with E-state index in [0.29, 0.717) is 22.3 Å². The lowest BCUT2D eigenvalue weighted by molar-refractivity contribution is -0.122. The van der Waals surface area contributed by atoms with E-state index < -0.39 is 5.92 Å². The predicted molar refractivity (Wildman–Crippen MR) is 101 cm³/mol. The van der Waals surface area contributed by atoms with E-state index in [1.165, 1.54) is 0 Å².